The number of rotatable bonds is 1. The Morgan fingerprint density at radius 2 is 2.06 bits per heavy atom. The quantitative estimate of drug-likeness (QED) is 0.824. The number of hydrogen-bond acceptors (Lipinski definition) is 3. The Labute approximate surface area is 103 Å². The number of anilines is 1. The molecule has 17 heavy (non-hydrogen) atoms. The van der Waals surface area contributed by atoms with Crippen LogP contribution in [0.2, 0.25) is 0 Å². The third-order valence-electron chi connectivity index (χ3n) is 2.16. The van der Waals surface area contributed by atoms with Crippen LogP contribution < -0.4 is 17.0 Å². The van der Waals surface area contributed by atoms with Crippen LogP contribution in [-0.4, -0.2) is 9.55 Å². The Morgan fingerprint density at radius 1 is 1.35 bits per heavy atom. The summed E-state index contributed by atoms with van der Waals surface area (Å²) >= 11 is 2.96. The smallest absolute Gasteiger partial charge is 0.334 e. The largest absolute Gasteiger partial charge is 0.384 e. The van der Waals surface area contributed by atoms with E-state index in [1.807, 2.05) is 0 Å². The van der Waals surface area contributed by atoms with Crippen molar-refractivity contribution in [2.24, 2.45) is 0 Å². The Bertz CT molecular complexity index is 693. The Hall–Kier alpha value is -1.89. The van der Waals surface area contributed by atoms with Crippen LogP contribution in [0.4, 0.5) is 10.2 Å². The number of aromatic nitrogens is 2. The van der Waals surface area contributed by atoms with E-state index in [1.165, 1.54) is 18.2 Å². The van der Waals surface area contributed by atoms with E-state index < -0.39 is 17.1 Å². The van der Waals surface area contributed by atoms with Crippen LogP contribution in [-0.2, 0) is 0 Å². The molecule has 0 saturated heterocycles. The molecule has 0 aliphatic carbocycles. The minimum atomic E-state index is -0.721. The van der Waals surface area contributed by atoms with Gasteiger partial charge in [0.15, 0.2) is 0 Å². The molecule has 1 heterocycles. The molecular weight excluding hydrogens is 293 g/mol. The van der Waals surface area contributed by atoms with E-state index >= 15 is 0 Å². The minimum Gasteiger partial charge on any atom is -0.384 e. The summed E-state index contributed by atoms with van der Waals surface area (Å²) in [7, 11) is 0. The second-order valence-corrected chi connectivity index (χ2v) is 4.07. The van der Waals surface area contributed by atoms with Gasteiger partial charge in [0.2, 0.25) is 0 Å². The number of halogens is 2. The molecule has 1 aromatic heterocycles. The highest BCUT2D eigenvalue weighted by atomic mass is 79.9. The normalized spacial score (nSPS) is 10.5. The second-order valence-electron chi connectivity index (χ2n) is 3.27. The van der Waals surface area contributed by atoms with Gasteiger partial charge in [-0.2, -0.15) is 0 Å². The first-order valence-electron chi connectivity index (χ1n) is 4.57. The van der Waals surface area contributed by atoms with Crippen molar-refractivity contribution in [3.8, 4) is 5.69 Å². The van der Waals surface area contributed by atoms with E-state index in [1.54, 1.807) is 0 Å². The minimum absolute atomic E-state index is 0.0290. The van der Waals surface area contributed by atoms with Crippen LogP contribution in [0.15, 0.2) is 38.3 Å². The number of nitrogen functional groups attached to an aromatic ring is 1. The first-order valence-corrected chi connectivity index (χ1v) is 5.36. The fourth-order valence-electron chi connectivity index (χ4n) is 1.40. The fourth-order valence-corrected chi connectivity index (χ4v) is 1.68. The topological polar surface area (TPSA) is 80.9 Å². The van der Waals surface area contributed by atoms with Crippen LogP contribution in [0.1, 0.15) is 0 Å². The lowest BCUT2D eigenvalue weighted by atomic mass is 10.3. The summed E-state index contributed by atoms with van der Waals surface area (Å²) in [6, 6.07) is 5.33. The van der Waals surface area contributed by atoms with Gasteiger partial charge in [0.1, 0.15) is 16.1 Å². The zero-order valence-electron chi connectivity index (χ0n) is 8.41. The van der Waals surface area contributed by atoms with Gasteiger partial charge in [-0.3, -0.25) is 9.78 Å². The van der Waals surface area contributed by atoms with E-state index in [2.05, 4.69) is 20.9 Å². The molecule has 2 rings (SSSR count). The summed E-state index contributed by atoms with van der Waals surface area (Å²) in [5.74, 6) is -0.583. The molecule has 1 aromatic carbocycles. The van der Waals surface area contributed by atoms with Gasteiger partial charge in [-0.15, -0.1) is 0 Å². The lowest BCUT2D eigenvalue weighted by Gasteiger charge is -2.09. The number of nitrogens with one attached hydrogen (secondary N) is 1. The summed E-state index contributed by atoms with van der Waals surface area (Å²) in [4.78, 5) is 24.9. The molecule has 0 fully saturated rings. The molecule has 88 valence electrons. The highest BCUT2D eigenvalue weighted by molar-refractivity contribution is 9.10. The highest BCUT2D eigenvalue weighted by Crippen LogP contribution is 2.16. The predicted molar refractivity (Wildman–Crippen MR) is 64.7 cm³/mol. The molecule has 0 atom stereocenters. The number of H-pyrrole nitrogens is 1. The van der Waals surface area contributed by atoms with E-state index in [4.69, 9.17) is 5.73 Å². The lowest BCUT2D eigenvalue weighted by Crippen LogP contribution is -2.31. The molecule has 0 amide bonds. The number of nitrogens with two attached hydrogens (primary N) is 1. The van der Waals surface area contributed by atoms with Crippen LogP contribution in [0, 0.1) is 5.82 Å². The first kappa shape index (κ1) is 11.6. The van der Waals surface area contributed by atoms with Gasteiger partial charge in [0, 0.05) is 0 Å². The molecular formula is C10H7BrFN3O2. The van der Waals surface area contributed by atoms with Crippen molar-refractivity contribution >= 4 is 21.7 Å². The van der Waals surface area contributed by atoms with Crippen molar-refractivity contribution in [3.05, 3.63) is 55.4 Å². The van der Waals surface area contributed by atoms with E-state index in [9.17, 15) is 14.0 Å². The molecule has 0 spiro atoms. The Morgan fingerprint density at radius 3 is 2.71 bits per heavy atom. The monoisotopic (exact) mass is 299 g/mol. The second kappa shape index (κ2) is 4.17. The van der Waals surface area contributed by atoms with Crippen LogP contribution >= 0.6 is 15.9 Å². The zero-order valence-corrected chi connectivity index (χ0v) is 9.99. The number of benzene rings is 1. The van der Waals surface area contributed by atoms with Crippen molar-refractivity contribution < 1.29 is 4.39 Å². The average Bonchev–Trinajstić information content (AvgIpc) is 2.26. The zero-order chi connectivity index (χ0) is 12.6. The standard InChI is InChI=1S/C10H7BrFN3O2/c11-7-8(13)15(10(17)14-9(7)16)6-3-1-2-5(12)4-6/h1-4H,13H2,(H,14,16,17). The summed E-state index contributed by atoms with van der Waals surface area (Å²) < 4.78 is 14.1. The molecule has 0 saturated carbocycles. The third kappa shape index (κ3) is 2.01. The number of nitrogens with zero attached hydrogens (tertiary/aromatic N) is 1. The Balaban J connectivity index is 2.81. The molecule has 2 aromatic rings. The molecule has 3 N–H and O–H groups in total. The van der Waals surface area contributed by atoms with Crippen molar-refractivity contribution in [3.63, 3.8) is 0 Å². The van der Waals surface area contributed by atoms with Gasteiger partial charge in [-0.25, -0.2) is 13.8 Å². The van der Waals surface area contributed by atoms with Gasteiger partial charge < -0.3 is 5.73 Å². The average molecular weight is 300 g/mol. The van der Waals surface area contributed by atoms with Crippen molar-refractivity contribution in [1.29, 1.82) is 0 Å². The molecule has 7 heteroatoms. The fraction of sp³-hybridized carbons (Fsp3) is 0. The summed E-state index contributed by atoms with van der Waals surface area (Å²) in [5, 5.41) is 0. The predicted octanol–water partition coefficient (Wildman–Crippen LogP) is 1.01. The molecule has 0 unspecified atom stereocenters. The van der Waals surface area contributed by atoms with Gasteiger partial charge in [-0.1, -0.05) is 6.07 Å². The van der Waals surface area contributed by atoms with E-state index in [0.29, 0.717) is 0 Å². The van der Waals surface area contributed by atoms with E-state index in [0.717, 1.165) is 10.6 Å². The molecule has 5 nitrogen and oxygen atoms in total. The summed E-state index contributed by atoms with van der Waals surface area (Å²) in [5.41, 5.74) is 4.53. The molecule has 0 bridgehead atoms. The SMILES string of the molecule is Nc1c(Br)c(=O)[nH]c(=O)n1-c1cccc(F)c1. The molecule has 0 radical (unpaired) electrons. The van der Waals surface area contributed by atoms with Crippen molar-refractivity contribution in [2.45, 2.75) is 0 Å². The summed E-state index contributed by atoms with van der Waals surface area (Å²) in [6.07, 6.45) is 0. The van der Waals surface area contributed by atoms with Crippen LogP contribution in [0.3, 0.4) is 0 Å². The first-order chi connectivity index (χ1) is 8.00. The lowest BCUT2D eigenvalue weighted by molar-refractivity contribution is 0.626. The van der Waals surface area contributed by atoms with E-state index in [-0.39, 0.29) is 16.0 Å². The maximum Gasteiger partial charge on any atom is 0.334 e. The van der Waals surface area contributed by atoms with Gasteiger partial charge in [-0.05, 0) is 34.1 Å². The van der Waals surface area contributed by atoms with Crippen molar-refractivity contribution in [2.75, 3.05) is 5.73 Å². The maximum atomic E-state index is 13.1. The van der Waals surface area contributed by atoms with Gasteiger partial charge >= 0.3 is 5.69 Å². The highest BCUT2D eigenvalue weighted by Gasteiger charge is 2.11. The van der Waals surface area contributed by atoms with Crippen LogP contribution in [0.5, 0.6) is 0 Å². The van der Waals surface area contributed by atoms with Crippen LogP contribution in [0.25, 0.3) is 5.69 Å². The molecule has 0 aliphatic rings. The molecule has 0 aliphatic heterocycles. The Kier molecular flexibility index (Phi) is 2.84. The van der Waals surface area contributed by atoms with Gasteiger partial charge in [0.25, 0.3) is 5.56 Å². The third-order valence-corrected chi connectivity index (χ3v) is 2.92. The maximum absolute atomic E-state index is 13.1. The van der Waals surface area contributed by atoms with Gasteiger partial charge in [0.05, 0.1) is 5.69 Å². The van der Waals surface area contributed by atoms with Crippen molar-refractivity contribution in [1.82, 2.24) is 9.55 Å². The number of aromatic amines is 1. The number of hydrogen-bond donors (Lipinski definition) is 2. The summed E-state index contributed by atoms with van der Waals surface area (Å²) in [6.45, 7) is 0.